The molecule has 2 aromatic rings. The Hall–Kier alpha value is -3.03. The summed E-state index contributed by atoms with van der Waals surface area (Å²) >= 11 is 0. The van der Waals surface area contributed by atoms with E-state index in [2.05, 4.69) is 26.1 Å². The zero-order valence-electron chi connectivity index (χ0n) is 13.5. The molecule has 1 aromatic carbocycles. The number of carbonyl (C=O) groups is 1. The van der Waals surface area contributed by atoms with Crippen LogP contribution in [0.15, 0.2) is 30.3 Å². The van der Waals surface area contributed by atoms with E-state index in [0.717, 1.165) is 18.5 Å². The van der Waals surface area contributed by atoms with Crippen LogP contribution in [0.4, 0.5) is 22.1 Å². The molecule has 3 rings (SSSR count). The minimum atomic E-state index is -0.260. The first kappa shape index (κ1) is 15.9. The van der Waals surface area contributed by atoms with Crippen molar-refractivity contribution in [1.29, 1.82) is 0 Å². The van der Waals surface area contributed by atoms with Crippen molar-refractivity contribution >= 4 is 23.4 Å². The molecule has 2 amide bonds. The maximum atomic E-state index is 11.6. The van der Waals surface area contributed by atoms with Crippen LogP contribution in [0, 0.1) is 0 Å². The number of benzene rings is 1. The fourth-order valence-corrected chi connectivity index (χ4v) is 2.07. The molecule has 1 fully saturated rings. The van der Waals surface area contributed by atoms with Crippen molar-refractivity contribution in [2.75, 3.05) is 24.9 Å². The third-order valence-electron chi connectivity index (χ3n) is 3.49. The van der Waals surface area contributed by atoms with Crippen molar-refractivity contribution in [3.63, 3.8) is 0 Å². The van der Waals surface area contributed by atoms with Gasteiger partial charge in [-0.05, 0) is 37.1 Å². The Morgan fingerprint density at radius 1 is 1.08 bits per heavy atom. The number of anilines is 3. The number of ether oxygens (including phenoxy) is 2. The SMILES string of the molecule is COc1ccc(Nc2ccc(NC(=O)NC3CC3)nn2)c(OC)c1. The Labute approximate surface area is 139 Å². The highest BCUT2D eigenvalue weighted by Crippen LogP contribution is 2.30. The summed E-state index contributed by atoms with van der Waals surface area (Å²) in [5.41, 5.74) is 0.736. The molecule has 0 bridgehead atoms. The van der Waals surface area contributed by atoms with Crippen molar-refractivity contribution < 1.29 is 14.3 Å². The van der Waals surface area contributed by atoms with Crippen molar-refractivity contribution in [3.8, 4) is 11.5 Å². The summed E-state index contributed by atoms with van der Waals surface area (Å²) < 4.78 is 10.5. The van der Waals surface area contributed by atoms with Gasteiger partial charge in [-0.1, -0.05) is 0 Å². The van der Waals surface area contributed by atoms with E-state index in [0.29, 0.717) is 29.2 Å². The van der Waals surface area contributed by atoms with Gasteiger partial charge in [-0.3, -0.25) is 5.32 Å². The number of methoxy groups -OCH3 is 2. The lowest BCUT2D eigenvalue weighted by Gasteiger charge is -2.12. The minimum Gasteiger partial charge on any atom is -0.497 e. The molecular weight excluding hydrogens is 310 g/mol. The molecule has 0 unspecified atom stereocenters. The zero-order valence-corrected chi connectivity index (χ0v) is 13.5. The van der Waals surface area contributed by atoms with Crippen LogP contribution in [0.3, 0.4) is 0 Å². The number of carbonyl (C=O) groups excluding carboxylic acids is 1. The third kappa shape index (κ3) is 4.03. The minimum absolute atomic E-state index is 0.260. The normalized spacial score (nSPS) is 13.1. The summed E-state index contributed by atoms with van der Waals surface area (Å²) in [4.78, 5) is 11.6. The van der Waals surface area contributed by atoms with E-state index < -0.39 is 0 Å². The molecule has 24 heavy (non-hydrogen) atoms. The second-order valence-corrected chi connectivity index (χ2v) is 5.37. The van der Waals surface area contributed by atoms with E-state index in [1.807, 2.05) is 12.1 Å². The van der Waals surface area contributed by atoms with E-state index in [-0.39, 0.29) is 6.03 Å². The number of amides is 2. The second-order valence-electron chi connectivity index (χ2n) is 5.37. The van der Waals surface area contributed by atoms with Crippen LogP contribution in [0.25, 0.3) is 0 Å². The lowest BCUT2D eigenvalue weighted by atomic mass is 10.2. The highest BCUT2D eigenvalue weighted by atomic mass is 16.5. The fraction of sp³-hybridized carbons (Fsp3) is 0.312. The van der Waals surface area contributed by atoms with Crippen molar-refractivity contribution in [2.45, 2.75) is 18.9 Å². The van der Waals surface area contributed by atoms with E-state index in [1.165, 1.54) is 0 Å². The fourth-order valence-electron chi connectivity index (χ4n) is 2.07. The Kier molecular flexibility index (Phi) is 4.64. The van der Waals surface area contributed by atoms with E-state index in [9.17, 15) is 4.79 Å². The molecule has 0 atom stereocenters. The molecular formula is C16H19N5O3. The first-order valence-corrected chi connectivity index (χ1v) is 7.58. The lowest BCUT2D eigenvalue weighted by Crippen LogP contribution is -2.30. The van der Waals surface area contributed by atoms with Gasteiger partial charge in [0.05, 0.1) is 19.9 Å². The van der Waals surface area contributed by atoms with Crippen molar-refractivity contribution in [3.05, 3.63) is 30.3 Å². The van der Waals surface area contributed by atoms with Gasteiger partial charge in [-0.15, -0.1) is 10.2 Å². The molecule has 3 N–H and O–H groups in total. The molecule has 0 spiro atoms. The Morgan fingerprint density at radius 3 is 2.46 bits per heavy atom. The molecule has 126 valence electrons. The molecule has 1 aromatic heterocycles. The standard InChI is InChI=1S/C16H19N5O3/c1-23-11-5-6-12(13(9-11)24-2)18-14-7-8-15(21-20-14)19-16(22)17-10-3-4-10/h5-10H,3-4H2,1-2H3,(H,18,20)(H2,17,19,21,22). The number of hydrogen-bond acceptors (Lipinski definition) is 6. The predicted octanol–water partition coefficient (Wildman–Crippen LogP) is 2.52. The summed E-state index contributed by atoms with van der Waals surface area (Å²) in [6.45, 7) is 0. The van der Waals surface area contributed by atoms with Gasteiger partial charge in [0.25, 0.3) is 0 Å². The van der Waals surface area contributed by atoms with Gasteiger partial charge < -0.3 is 20.1 Å². The van der Waals surface area contributed by atoms with Gasteiger partial charge in [-0.25, -0.2) is 4.79 Å². The van der Waals surface area contributed by atoms with Crippen LogP contribution in [-0.4, -0.2) is 36.5 Å². The number of nitrogens with one attached hydrogen (secondary N) is 3. The maximum absolute atomic E-state index is 11.6. The zero-order chi connectivity index (χ0) is 16.9. The van der Waals surface area contributed by atoms with Gasteiger partial charge in [-0.2, -0.15) is 0 Å². The molecule has 8 nitrogen and oxygen atoms in total. The molecule has 0 saturated heterocycles. The largest absolute Gasteiger partial charge is 0.497 e. The summed E-state index contributed by atoms with van der Waals surface area (Å²) in [5, 5.41) is 16.6. The highest BCUT2D eigenvalue weighted by Gasteiger charge is 2.23. The van der Waals surface area contributed by atoms with Crippen LogP contribution in [-0.2, 0) is 0 Å². The molecule has 1 saturated carbocycles. The van der Waals surface area contributed by atoms with E-state index in [4.69, 9.17) is 9.47 Å². The van der Waals surface area contributed by atoms with E-state index >= 15 is 0 Å². The Morgan fingerprint density at radius 2 is 1.83 bits per heavy atom. The van der Waals surface area contributed by atoms with Crippen molar-refractivity contribution in [1.82, 2.24) is 15.5 Å². The molecule has 0 radical (unpaired) electrons. The third-order valence-corrected chi connectivity index (χ3v) is 3.49. The highest BCUT2D eigenvalue weighted by molar-refractivity contribution is 5.88. The lowest BCUT2D eigenvalue weighted by molar-refractivity contribution is 0.251. The molecule has 1 aliphatic rings. The first-order valence-electron chi connectivity index (χ1n) is 7.58. The quantitative estimate of drug-likeness (QED) is 0.753. The van der Waals surface area contributed by atoms with E-state index in [1.54, 1.807) is 32.4 Å². The smallest absolute Gasteiger partial charge is 0.320 e. The summed E-state index contributed by atoms with van der Waals surface area (Å²) in [7, 11) is 3.18. The Bertz CT molecular complexity index is 716. The monoisotopic (exact) mass is 329 g/mol. The summed E-state index contributed by atoms with van der Waals surface area (Å²) in [6.07, 6.45) is 2.07. The van der Waals surface area contributed by atoms with Crippen LogP contribution in [0.1, 0.15) is 12.8 Å². The molecule has 8 heteroatoms. The van der Waals surface area contributed by atoms with Gasteiger partial charge in [0.15, 0.2) is 11.6 Å². The maximum Gasteiger partial charge on any atom is 0.320 e. The second kappa shape index (κ2) is 7.03. The molecule has 0 aliphatic heterocycles. The van der Waals surface area contributed by atoms with Gasteiger partial charge in [0, 0.05) is 12.1 Å². The number of hydrogen-bond donors (Lipinski definition) is 3. The van der Waals surface area contributed by atoms with Crippen LogP contribution in [0.5, 0.6) is 11.5 Å². The summed E-state index contributed by atoms with van der Waals surface area (Å²) in [6, 6.07) is 8.85. The predicted molar refractivity (Wildman–Crippen MR) is 90.0 cm³/mol. The van der Waals surface area contributed by atoms with Gasteiger partial charge in [0.1, 0.15) is 11.5 Å². The summed E-state index contributed by atoms with van der Waals surface area (Å²) in [5.74, 6) is 2.25. The first-order chi connectivity index (χ1) is 11.7. The van der Waals surface area contributed by atoms with Crippen molar-refractivity contribution in [2.24, 2.45) is 0 Å². The Balaban J connectivity index is 1.64. The van der Waals surface area contributed by atoms with Gasteiger partial charge in [0.2, 0.25) is 0 Å². The molecule has 1 heterocycles. The number of urea groups is 1. The number of aromatic nitrogens is 2. The van der Waals surface area contributed by atoms with Gasteiger partial charge >= 0.3 is 6.03 Å². The van der Waals surface area contributed by atoms with Crippen LogP contribution < -0.4 is 25.4 Å². The van der Waals surface area contributed by atoms with Crippen LogP contribution >= 0.6 is 0 Å². The number of rotatable bonds is 6. The average Bonchev–Trinajstić information content (AvgIpc) is 3.40. The molecule has 1 aliphatic carbocycles. The topological polar surface area (TPSA) is 97.4 Å². The number of nitrogens with zero attached hydrogens (tertiary/aromatic N) is 2. The average molecular weight is 329 g/mol. The van der Waals surface area contributed by atoms with Crippen LogP contribution in [0.2, 0.25) is 0 Å².